The van der Waals surface area contributed by atoms with Gasteiger partial charge in [0.2, 0.25) is 0 Å². The van der Waals surface area contributed by atoms with Crippen LogP contribution in [0.25, 0.3) is 0 Å². The van der Waals surface area contributed by atoms with Gasteiger partial charge in [-0.25, -0.2) is 4.39 Å². The van der Waals surface area contributed by atoms with Crippen molar-refractivity contribution in [3.8, 4) is 0 Å². The molecule has 17 heavy (non-hydrogen) atoms. The molecule has 0 radical (unpaired) electrons. The third kappa shape index (κ3) is 2.67. The van der Waals surface area contributed by atoms with Crippen molar-refractivity contribution in [2.45, 2.75) is 45.4 Å². The van der Waals surface area contributed by atoms with Crippen molar-refractivity contribution in [1.29, 1.82) is 0 Å². The number of hydrogen-bond donors (Lipinski definition) is 1. The number of hydrogen-bond acceptors (Lipinski definition) is 2. The molecule has 0 amide bonds. The molecule has 3 heteroatoms. The van der Waals surface area contributed by atoms with E-state index in [9.17, 15) is 4.39 Å². The van der Waals surface area contributed by atoms with Crippen LogP contribution in [0.15, 0.2) is 18.2 Å². The molecule has 1 aliphatic heterocycles. The average molecular weight is 237 g/mol. The van der Waals surface area contributed by atoms with E-state index in [0.29, 0.717) is 0 Å². The van der Waals surface area contributed by atoms with E-state index in [-0.39, 0.29) is 17.5 Å². The average Bonchev–Trinajstić information content (AvgIpc) is 2.59. The zero-order valence-electron chi connectivity index (χ0n) is 10.7. The quantitative estimate of drug-likeness (QED) is 0.872. The Balaban J connectivity index is 2.02. The monoisotopic (exact) mass is 237 g/mol. The number of halogens is 1. The summed E-state index contributed by atoms with van der Waals surface area (Å²) in [5.41, 5.74) is 2.17. The first-order valence-electron chi connectivity index (χ1n) is 6.13. The summed E-state index contributed by atoms with van der Waals surface area (Å²) < 4.78 is 18.6. The zero-order valence-corrected chi connectivity index (χ0v) is 10.7. The Hall–Kier alpha value is -0.930. The van der Waals surface area contributed by atoms with E-state index in [2.05, 4.69) is 19.2 Å². The second-order valence-corrected chi connectivity index (χ2v) is 5.10. The third-order valence-electron chi connectivity index (χ3n) is 3.87. The zero-order chi connectivity index (χ0) is 12.5. The van der Waals surface area contributed by atoms with Gasteiger partial charge in [0.1, 0.15) is 5.82 Å². The molecule has 0 saturated carbocycles. The van der Waals surface area contributed by atoms with E-state index in [1.165, 1.54) is 6.07 Å². The lowest BCUT2D eigenvalue weighted by Crippen LogP contribution is -2.47. The van der Waals surface area contributed by atoms with Crippen molar-refractivity contribution < 1.29 is 9.13 Å². The van der Waals surface area contributed by atoms with E-state index < -0.39 is 0 Å². The van der Waals surface area contributed by atoms with Crippen LogP contribution in [0.5, 0.6) is 0 Å². The Morgan fingerprint density at radius 1 is 1.53 bits per heavy atom. The molecule has 1 aliphatic rings. The Kier molecular flexibility index (Phi) is 3.50. The number of rotatable bonds is 3. The second-order valence-electron chi connectivity index (χ2n) is 5.10. The molecule has 0 aromatic heterocycles. The molecule has 2 rings (SSSR count). The van der Waals surface area contributed by atoms with Crippen LogP contribution in [-0.2, 0) is 11.3 Å². The summed E-state index contributed by atoms with van der Waals surface area (Å²) in [7, 11) is 0. The van der Waals surface area contributed by atoms with Gasteiger partial charge in [0.25, 0.3) is 0 Å². The highest BCUT2D eigenvalue weighted by Crippen LogP contribution is 2.25. The van der Waals surface area contributed by atoms with E-state index in [1.807, 2.05) is 13.0 Å². The second kappa shape index (κ2) is 4.75. The highest BCUT2D eigenvalue weighted by Gasteiger charge is 2.36. The van der Waals surface area contributed by atoms with Crippen molar-refractivity contribution in [3.05, 3.63) is 35.1 Å². The van der Waals surface area contributed by atoms with Crippen LogP contribution in [-0.4, -0.2) is 18.2 Å². The van der Waals surface area contributed by atoms with Crippen LogP contribution in [0, 0.1) is 12.7 Å². The van der Waals surface area contributed by atoms with Crippen molar-refractivity contribution in [2.24, 2.45) is 0 Å². The standard InChI is InChI=1S/C14H20FNO/c1-10-8-13(15)5-4-12(10)9-16-14(3)6-7-17-11(14)2/h4-5,8,11,16H,6-7,9H2,1-3H3. The molecule has 1 saturated heterocycles. The molecule has 0 spiro atoms. The number of aryl methyl sites for hydroxylation is 1. The number of nitrogens with one attached hydrogen (secondary N) is 1. The van der Waals surface area contributed by atoms with Gasteiger partial charge >= 0.3 is 0 Å². The molecular weight excluding hydrogens is 217 g/mol. The minimum atomic E-state index is -0.171. The molecule has 94 valence electrons. The Labute approximate surface area is 102 Å². The first-order valence-corrected chi connectivity index (χ1v) is 6.13. The van der Waals surface area contributed by atoms with Crippen LogP contribution >= 0.6 is 0 Å². The summed E-state index contributed by atoms with van der Waals surface area (Å²) in [4.78, 5) is 0. The third-order valence-corrected chi connectivity index (χ3v) is 3.87. The number of ether oxygens (including phenoxy) is 1. The summed E-state index contributed by atoms with van der Waals surface area (Å²) in [6.45, 7) is 7.79. The molecule has 1 aromatic rings. The minimum Gasteiger partial charge on any atom is -0.377 e. The van der Waals surface area contributed by atoms with Gasteiger partial charge in [-0.3, -0.25) is 0 Å². The molecule has 2 atom stereocenters. The fourth-order valence-electron chi connectivity index (χ4n) is 2.22. The first-order chi connectivity index (χ1) is 8.01. The van der Waals surface area contributed by atoms with Gasteiger partial charge in [-0.1, -0.05) is 6.07 Å². The molecular formula is C14H20FNO. The predicted molar refractivity (Wildman–Crippen MR) is 66.4 cm³/mol. The fraction of sp³-hybridized carbons (Fsp3) is 0.571. The van der Waals surface area contributed by atoms with Crippen molar-refractivity contribution in [2.75, 3.05) is 6.61 Å². The van der Waals surface area contributed by atoms with Crippen LogP contribution in [0.2, 0.25) is 0 Å². The normalized spacial score (nSPS) is 28.6. The van der Waals surface area contributed by atoms with Gasteiger partial charge in [0.15, 0.2) is 0 Å². The molecule has 0 bridgehead atoms. The molecule has 1 aromatic carbocycles. The van der Waals surface area contributed by atoms with Gasteiger partial charge < -0.3 is 10.1 Å². The highest BCUT2D eigenvalue weighted by atomic mass is 19.1. The van der Waals surface area contributed by atoms with Crippen LogP contribution in [0.4, 0.5) is 4.39 Å². The van der Waals surface area contributed by atoms with Crippen molar-refractivity contribution in [3.63, 3.8) is 0 Å². The Morgan fingerprint density at radius 3 is 2.88 bits per heavy atom. The molecule has 2 nitrogen and oxygen atoms in total. The SMILES string of the molecule is Cc1cc(F)ccc1CNC1(C)CCOC1C. The van der Waals surface area contributed by atoms with Crippen molar-refractivity contribution >= 4 is 0 Å². The summed E-state index contributed by atoms with van der Waals surface area (Å²) in [5, 5.41) is 3.54. The van der Waals surface area contributed by atoms with E-state index in [0.717, 1.165) is 30.7 Å². The summed E-state index contributed by atoms with van der Waals surface area (Å²) in [6.07, 6.45) is 1.25. The fourth-order valence-corrected chi connectivity index (χ4v) is 2.22. The molecule has 1 fully saturated rings. The summed E-state index contributed by atoms with van der Waals surface area (Å²) in [5.74, 6) is -0.171. The molecule has 2 unspecified atom stereocenters. The lowest BCUT2D eigenvalue weighted by Gasteiger charge is -2.29. The van der Waals surface area contributed by atoms with Crippen molar-refractivity contribution in [1.82, 2.24) is 5.32 Å². The largest absolute Gasteiger partial charge is 0.377 e. The lowest BCUT2D eigenvalue weighted by atomic mass is 9.94. The van der Waals surface area contributed by atoms with Gasteiger partial charge in [-0.2, -0.15) is 0 Å². The van der Waals surface area contributed by atoms with E-state index >= 15 is 0 Å². The maximum absolute atomic E-state index is 13.0. The van der Waals surface area contributed by atoms with Crippen LogP contribution < -0.4 is 5.32 Å². The van der Waals surface area contributed by atoms with Gasteiger partial charge in [0, 0.05) is 18.7 Å². The van der Waals surface area contributed by atoms with Crippen LogP contribution in [0.3, 0.4) is 0 Å². The molecule has 0 aliphatic carbocycles. The predicted octanol–water partition coefficient (Wildman–Crippen LogP) is 2.79. The highest BCUT2D eigenvalue weighted by molar-refractivity contribution is 5.26. The lowest BCUT2D eigenvalue weighted by molar-refractivity contribution is 0.0881. The maximum Gasteiger partial charge on any atom is 0.123 e. The van der Waals surface area contributed by atoms with Gasteiger partial charge in [-0.05, 0) is 50.5 Å². The smallest absolute Gasteiger partial charge is 0.123 e. The van der Waals surface area contributed by atoms with Gasteiger partial charge in [0.05, 0.1) is 6.10 Å². The number of benzene rings is 1. The Bertz CT molecular complexity index is 407. The summed E-state index contributed by atoms with van der Waals surface area (Å²) >= 11 is 0. The van der Waals surface area contributed by atoms with E-state index in [4.69, 9.17) is 4.74 Å². The minimum absolute atomic E-state index is 0.0286. The topological polar surface area (TPSA) is 21.3 Å². The van der Waals surface area contributed by atoms with Crippen LogP contribution in [0.1, 0.15) is 31.4 Å². The Morgan fingerprint density at radius 2 is 2.29 bits per heavy atom. The van der Waals surface area contributed by atoms with Gasteiger partial charge in [-0.15, -0.1) is 0 Å². The first kappa shape index (κ1) is 12.5. The summed E-state index contributed by atoms with van der Waals surface area (Å²) in [6, 6.07) is 4.94. The molecule has 1 heterocycles. The molecule has 1 N–H and O–H groups in total. The maximum atomic E-state index is 13.0. The van der Waals surface area contributed by atoms with E-state index in [1.54, 1.807) is 6.07 Å².